The van der Waals surface area contributed by atoms with Gasteiger partial charge in [-0.15, -0.1) is 0 Å². The summed E-state index contributed by atoms with van der Waals surface area (Å²) in [4.78, 5) is 0.158. The van der Waals surface area contributed by atoms with Gasteiger partial charge in [-0.2, -0.15) is 8.42 Å². The van der Waals surface area contributed by atoms with Gasteiger partial charge in [0.15, 0.2) is 0 Å². The van der Waals surface area contributed by atoms with Gasteiger partial charge < -0.3 is 9.47 Å². The molecule has 1 aliphatic rings. The summed E-state index contributed by atoms with van der Waals surface area (Å²) in [5, 5.41) is 0. The smallest absolute Gasteiger partial charge is 0.297 e. The largest absolute Gasteiger partial charge is 0.374 e. The fourth-order valence-electron chi connectivity index (χ4n) is 2.27. The van der Waals surface area contributed by atoms with Crippen LogP contribution in [0.2, 0.25) is 0 Å². The van der Waals surface area contributed by atoms with Crippen molar-refractivity contribution in [3.63, 3.8) is 0 Å². The first-order chi connectivity index (χ1) is 11.5. The van der Waals surface area contributed by atoms with E-state index in [1.807, 2.05) is 37.3 Å². The van der Waals surface area contributed by atoms with Crippen LogP contribution < -0.4 is 0 Å². The van der Waals surface area contributed by atoms with Gasteiger partial charge in [-0.1, -0.05) is 48.0 Å². The molecule has 2 aromatic carbocycles. The first kappa shape index (κ1) is 17.1. The van der Waals surface area contributed by atoms with Crippen molar-refractivity contribution < 1.29 is 22.1 Å². The van der Waals surface area contributed by atoms with Crippen LogP contribution in [-0.2, 0) is 30.4 Å². The van der Waals surface area contributed by atoms with E-state index in [0.717, 1.165) is 11.1 Å². The van der Waals surface area contributed by atoms with E-state index >= 15 is 0 Å². The zero-order valence-corrected chi connectivity index (χ0v) is 14.2. The normalized spacial score (nSPS) is 20.0. The summed E-state index contributed by atoms with van der Waals surface area (Å²) in [7, 11) is -3.74. The molecular formula is C18H20O5S. The maximum atomic E-state index is 12.1. The number of aryl methyl sites for hydroxylation is 1. The van der Waals surface area contributed by atoms with Crippen molar-refractivity contribution in [3.8, 4) is 0 Å². The molecule has 1 heterocycles. The molecule has 0 radical (unpaired) electrons. The van der Waals surface area contributed by atoms with Gasteiger partial charge in [-0.25, -0.2) is 0 Å². The van der Waals surface area contributed by atoms with Gasteiger partial charge in [0.2, 0.25) is 0 Å². The molecule has 0 aliphatic carbocycles. The maximum absolute atomic E-state index is 12.1. The summed E-state index contributed by atoms with van der Waals surface area (Å²) < 4.78 is 40.2. The lowest BCUT2D eigenvalue weighted by atomic mass is 10.2. The van der Waals surface area contributed by atoms with Gasteiger partial charge in [0.25, 0.3) is 10.1 Å². The molecule has 2 atom stereocenters. The summed E-state index contributed by atoms with van der Waals surface area (Å²) in [6.45, 7) is 2.84. The molecule has 0 saturated carbocycles. The van der Waals surface area contributed by atoms with Crippen LogP contribution in [-0.4, -0.2) is 33.8 Å². The molecule has 0 unspecified atom stereocenters. The Kier molecular flexibility index (Phi) is 5.30. The average Bonchev–Trinajstić information content (AvgIpc) is 3.33. The molecule has 0 amide bonds. The highest BCUT2D eigenvalue weighted by Crippen LogP contribution is 2.25. The third-order valence-corrected chi connectivity index (χ3v) is 5.07. The predicted molar refractivity (Wildman–Crippen MR) is 89.1 cm³/mol. The van der Waals surface area contributed by atoms with Crippen LogP contribution in [0.4, 0.5) is 0 Å². The molecule has 3 rings (SSSR count). The third kappa shape index (κ3) is 4.64. The molecule has 2 aromatic rings. The van der Waals surface area contributed by atoms with Crippen molar-refractivity contribution in [2.75, 3.05) is 13.2 Å². The fourth-order valence-corrected chi connectivity index (χ4v) is 3.19. The van der Waals surface area contributed by atoms with Crippen LogP contribution in [0.3, 0.4) is 0 Å². The third-order valence-electron chi connectivity index (χ3n) is 3.78. The Balaban J connectivity index is 1.40. The summed E-state index contributed by atoms with van der Waals surface area (Å²) in [6, 6.07) is 16.4. The second-order valence-corrected chi connectivity index (χ2v) is 7.38. The van der Waals surface area contributed by atoms with Crippen LogP contribution in [0.1, 0.15) is 11.1 Å². The van der Waals surface area contributed by atoms with Gasteiger partial charge in [-0.3, -0.25) is 4.18 Å². The highest BCUT2D eigenvalue weighted by molar-refractivity contribution is 7.86. The first-order valence-electron chi connectivity index (χ1n) is 7.78. The lowest BCUT2D eigenvalue weighted by Crippen LogP contribution is -2.14. The number of epoxide rings is 1. The lowest BCUT2D eigenvalue weighted by molar-refractivity contribution is 0.104. The Bertz CT molecular complexity index is 756. The molecular weight excluding hydrogens is 328 g/mol. The molecule has 1 fully saturated rings. The monoisotopic (exact) mass is 348 g/mol. The molecule has 0 N–H and O–H groups in total. The van der Waals surface area contributed by atoms with E-state index < -0.39 is 10.1 Å². The second-order valence-electron chi connectivity index (χ2n) is 5.77. The van der Waals surface area contributed by atoms with Crippen LogP contribution in [0.5, 0.6) is 0 Å². The lowest BCUT2D eigenvalue weighted by Gasteiger charge is -2.05. The van der Waals surface area contributed by atoms with Crippen molar-refractivity contribution in [1.29, 1.82) is 0 Å². The van der Waals surface area contributed by atoms with Gasteiger partial charge >= 0.3 is 0 Å². The molecule has 6 heteroatoms. The fraction of sp³-hybridized carbons (Fsp3) is 0.333. The van der Waals surface area contributed by atoms with E-state index in [0.29, 0.717) is 13.2 Å². The number of benzene rings is 2. The summed E-state index contributed by atoms with van der Waals surface area (Å²) in [5.74, 6) is 0. The minimum absolute atomic E-state index is 0.00950. The topological polar surface area (TPSA) is 65.1 Å². The van der Waals surface area contributed by atoms with Crippen molar-refractivity contribution in [1.82, 2.24) is 0 Å². The Morgan fingerprint density at radius 3 is 2.33 bits per heavy atom. The highest BCUT2D eigenvalue weighted by atomic mass is 32.2. The Morgan fingerprint density at radius 1 is 0.958 bits per heavy atom. The SMILES string of the molecule is Cc1ccc(S(=O)(=O)OC[C@@H]2O[C@@H]2COCc2ccccc2)cc1. The van der Waals surface area contributed by atoms with Crippen LogP contribution in [0, 0.1) is 6.92 Å². The molecule has 1 aliphatic heterocycles. The zero-order chi connectivity index (χ0) is 17.0. The van der Waals surface area contributed by atoms with Crippen molar-refractivity contribution in [2.45, 2.75) is 30.6 Å². The molecule has 1 saturated heterocycles. The van der Waals surface area contributed by atoms with E-state index in [-0.39, 0.29) is 23.7 Å². The molecule has 0 aromatic heterocycles. The van der Waals surface area contributed by atoms with E-state index in [1.54, 1.807) is 24.3 Å². The van der Waals surface area contributed by atoms with Crippen LogP contribution in [0.25, 0.3) is 0 Å². The van der Waals surface area contributed by atoms with Crippen LogP contribution >= 0.6 is 0 Å². The molecule has 0 spiro atoms. The van der Waals surface area contributed by atoms with E-state index in [1.165, 1.54) is 0 Å². The Labute approximate surface area is 142 Å². The maximum Gasteiger partial charge on any atom is 0.297 e. The molecule has 24 heavy (non-hydrogen) atoms. The summed E-state index contributed by atoms with van der Waals surface area (Å²) in [5.41, 5.74) is 2.09. The highest BCUT2D eigenvalue weighted by Gasteiger charge is 2.40. The molecule has 5 nitrogen and oxygen atoms in total. The van der Waals surface area contributed by atoms with Gasteiger partial charge in [0.05, 0.1) is 24.7 Å². The second kappa shape index (κ2) is 7.44. The standard InChI is InChI=1S/C18H20O5S/c1-14-7-9-16(10-8-14)24(19,20)22-13-18-17(23-18)12-21-11-15-5-3-2-4-6-15/h2-10,17-18H,11-13H2,1H3/t17-,18+/m1/s1. The van der Waals surface area contributed by atoms with Crippen molar-refractivity contribution >= 4 is 10.1 Å². The number of rotatable bonds is 8. The minimum atomic E-state index is -3.74. The van der Waals surface area contributed by atoms with Crippen molar-refractivity contribution in [3.05, 3.63) is 65.7 Å². The zero-order valence-electron chi connectivity index (χ0n) is 13.4. The predicted octanol–water partition coefficient (Wildman–Crippen LogP) is 2.68. The average molecular weight is 348 g/mol. The number of hydrogen-bond donors (Lipinski definition) is 0. The summed E-state index contributed by atoms with van der Waals surface area (Å²) in [6.07, 6.45) is -0.345. The quantitative estimate of drug-likeness (QED) is 0.542. The van der Waals surface area contributed by atoms with Gasteiger partial charge in [0.1, 0.15) is 12.2 Å². The minimum Gasteiger partial charge on any atom is -0.374 e. The molecule has 0 bridgehead atoms. The number of hydrogen-bond acceptors (Lipinski definition) is 5. The van der Waals surface area contributed by atoms with E-state index in [9.17, 15) is 8.42 Å². The van der Waals surface area contributed by atoms with Crippen LogP contribution in [0.15, 0.2) is 59.5 Å². The summed E-state index contributed by atoms with van der Waals surface area (Å²) >= 11 is 0. The van der Waals surface area contributed by atoms with Gasteiger partial charge in [0, 0.05) is 0 Å². The van der Waals surface area contributed by atoms with Crippen molar-refractivity contribution in [2.24, 2.45) is 0 Å². The number of ether oxygens (including phenoxy) is 2. The Morgan fingerprint density at radius 2 is 1.62 bits per heavy atom. The first-order valence-corrected chi connectivity index (χ1v) is 9.19. The van der Waals surface area contributed by atoms with E-state index in [4.69, 9.17) is 13.7 Å². The molecule has 128 valence electrons. The van der Waals surface area contributed by atoms with Gasteiger partial charge in [-0.05, 0) is 24.6 Å². The van der Waals surface area contributed by atoms with E-state index in [2.05, 4.69) is 0 Å². The Hall–Kier alpha value is -1.73.